The second kappa shape index (κ2) is 6.57. The van der Waals surface area contributed by atoms with E-state index >= 15 is 0 Å². The lowest BCUT2D eigenvalue weighted by Gasteiger charge is -2.20. The topological polar surface area (TPSA) is 21.7 Å². The zero-order valence-electron chi connectivity index (χ0n) is 11.1. The second-order valence-corrected chi connectivity index (χ2v) is 4.23. The lowest BCUT2D eigenvalue weighted by atomic mass is 10.2. The third kappa shape index (κ3) is 3.34. The first-order chi connectivity index (χ1) is 8.83. The Balaban J connectivity index is 1.98. The van der Waals surface area contributed by atoms with Crippen LogP contribution in [0.25, 0.3) is 6.08 Å². The molecule has 0 aromatic heterocycles. The minimum atomic E-state index is -0.174. The second-order valence-electron chi connectivity index (χ2n) is 4.23. The van der Waals surface area contributed by atoms with E-state index in [1.54, 1.807) is 0 Å². The van der Waals surface area contributed by atoms with Gasteiger partial charge in [-0.05, 0) is 37.6 Å². The van der Waals surface area contributed by atoms with Gasteiger partial charge in [-0.1, -0.05) is 18.2 Å². The minimum absolute atomic E-state index is 0.174. The summed E-state index contributed by atoms with van der Waals surface area (Å²) in [4.78, 5) is 2.33. The van der Waals surface area contributed by atoms with Gasteiger partial charge in [0, 0.05) is 18.8 Å². The van der Waals surface area contributed by atoms with Crippen molar-refractivity contribution in [3.63, 3.8) is 0 Å². The molecule has 1 saturated heterocycles. The number of ether oxygens (including phenoxy) is 2. The fourth-order valence-corrected chi connectivity index (χ4v) is 2.06. The first-order valence-corrected chi connectivity index (χ1v) is 6.60. The van der Waals surface area contributed by atoms with E-state index in [4.69, 9.17) is 9.47 Å². The molecule has 0 saturated carbocycles. The van der Waals surface area contributed by atoms with Gasteiger partial charge in [0.2, 0.25) is 0 Å². The molecule has 1 fully saturated rings. The number of nitrogens with zero attached hydrogens (tertiary/aromatic N) is 1. The van der Waals surface area contributed by atoms with Gasteiger partial charge in [-0.3, -0.25) is 0 Å². The molecule has 3 nitrogen and oxygen atoms in total. The fourth-order valence-electron chi connectivity index (χ4n) is 2.06. The average molecular weight is 247 g/mol. The van der Waals surface area contributed by atoms with Gasteiger partial charge in [0.05, 0.1) is 13.2 Å². The molecular weight excluding hydrogens is 226 g/mol. The Labute approximate surface area is 109 Å². The Morgan fingerprint density at radius 1 is 1.11 bits per heavy atom. The Hall–Kier alpha value is -1.32. The van der Waals surface area contributed by atoms with E-state index in [9.17, 15) is 0 Å². The predicted molar refractivity (Wildman–Crippen MR) is 74.7 cm³/mol. The number of hydrogen-bond acceptors (Lipinski definition) is 3. The molecule has 1 aliphatic heterocycles. The van der Waals surface area contributed by atoms with E-state index in [1.807, 2.05) is 12.2 Å². The van der Waals surface area contributed by atoms with Crippen LogP contribution in [-0.2, 0) is 9.47 Å². The van der Waals surface area contributed by atoms with Crippen LogP contribution in [0.2, 0.25) is 0 Å². The molecule has 1 heterocycles. The van der Waals surface area contributed by atoms with Crippen LogP contribution in [0.1, 0.15) is 19.4 Å². The van der Waals surface area contributed by atoms with Gasteiger partial charge < -0.3 is 14.4 Å². The van der Waals surface area contributed by atoms with Crippen molar-refractivity contribution in [1.82, 2.24) is 0 Å². The minimum Gasteiger partial charge on any atom is -0.372 e. The van der Waals surface area contributed by atoms with Crippen molar-refractivity contribution >= 4 is 11.8 Å². The van der Waals surface area contributed by atoms with Crippen LogP contribution in [-0.4, -0.2) is 32.6 Å². The number of benzene rings is 1. The van der Waals surface area contributed by atoms with Gasteiger partial charge in [-0.15, -0.1) is 0 Å². The van der Waals surface area contributed by atoms with Crippen molar-refractivity contribution in [3.05, 3.63) is 35.9 Å². The number of rotatable bonds is 5. The van der Waals surface area contributed by atoms with Crippen LogP contribution in [0.5, 0.6) is 0 Å². The molecule has 1 aromatic carbocycles. The molecule has 0 atom stereocenters. The van der Waals surface area contributed by atoms with Crippen LogP contribution in [0.15, 0.2) is 30.3 Å². The molecule has 0 N–H and O–H groups in total. The third-order valence-corrected chi connectivity index (χ3v) is 3.12. The van der Waals surface area contributed by atoms with Gasteiger partial charge in [0.25, 0.3) is 0 Å². The summed E-state index contributed by atoms with van der Waals surface area (Å²) in [6.07, 6.45) is 3.83. The first kappa shape index (κ1) is 13.1. The highest BCUT2D eigenvalue weighted by atomic mass is 16.7. The van der Waals surface area contributed by atoms with E-state index in [2.05, 4.69) is 43.0 Å². The number of hydrogen-bond donors (Lipinski definition) is 0. The maximum Gasteiger partial charge on any atom is 0.177 e. The molecule has 2 rings (SSSR count). The van der Waals surface area contributed by atoms with Gasteiger partial charge >= 0.3 is 0 Å². The molecular formula is C15H21NO2. The summed E-state index contributed by atoms with van der Waals surface area (Å²) in [6.45, 7) is 7.80. The van der Waals surface area contributed by atoms with Crippen molar-refractivity contribution in [2.75, 3.05) is 31.2 Å². The van der Waals surface area contributed by atoms with Gasteiger partial charge in [-0.25, -0.2) is 0 Å². The highest BCUT2D eigenvalue weighted by Crippen LogP contribution is 2.16. The molecule has 0 aliphatic carbocycles. The van der Waals surface area contributed by atoms with Gasteiger partial charge in [0.1, 0.15) is 0 Å². The van der Waals surface area contributed by atoms with E-state index in [0.29, 0.717) is 13.2 Å². The summed E-state index contributed by atoms with van der Waals surface area (Å²) < 4.78 is 10.7. The lowest BCUT2D eigenvalue weighted by molar-refractivity contribution is -0.000907. The predicted octanol–water partition coefficient (Wildman–Crippen LogP) is 2.92. The third-order valence-electron chi connectivity index (χ3n) is 3.12. The first-order valence-electron chi connectivity index (χ1n) is 6.60. The summed E-state index contributed by atoms with van der Waals surface area (Å²) in [5.74, 6) is 0. The smallest absolute Gasteiger partial charge is 0.177 e. The van der Waals surface area contributed by atoms with Gasteiger partial charge in [-0.2, -0.15) is 0 Å². The fraction of sp³-hybridized carbons (Fsp3) is 0.467. The van der Waals surface area contributed by atoms with Crippen molar-refractivity contribution in [1.29, 1.82) is 0 Å². The molecule has 0 amide bonds. The average Bonchev–Trinajstić information content (AvgIpc) is 2.92. The maximum absolute atomic E-state index is 5.35. The zero-order chi connectivity index (χ0) is 12.8. The highest BCUT2D eigenvalue weighted by molar-refractivity contribution is 5.56. The summed E-state index contributed by atoms with van der Waals surface area (Å²) in [6, 6.07) is 8.56. The Bertz CT molecular complexity index is 376. The molecule has 18 heavy (non-hydrogen) atoms. The molecule has 0 unspecified atom stereocenters. The van der Waals surface area contributed by atoms with E-state index < -0.39 is 0 Å². The highest BCUT2D eigenvalue weighted by Gasteiger charge is 2.11. The van der Waals surface area contributed by atoms with Crippen molar-refractivity contribution < 1.29 is 9.47 Å². The zero-order valence-corrected chi connectivity index (χ0v) is 11.1. The molecule has 0 radical (unpaired) electrons. The Morgan fingerprint density at radius 2 is 1.72 bits per heavy atom. The molecule has 98 valence electrons. The SMILES string of the molecule is CCN(CC)c1ccc(/C=C\C2OCCO2)cc1. The normalized spacial score (nSPS) is 16.6. The van der Waals surface area contributed by atoms with Crippen LogP contribution >= 0.6 is 0 Å². The van der Waals surface area contributed by atoms with Crippen molar-refractivity contribution in [3.8, 4) is 0 Å². The summed E-state index contributed by atoms with van der Waals surface area (Å²) in [5.41, 5.74) is 2.44. The molecule has 1 aliphatic rings. The maximum atomic E-state index is 5.35. The lowest BCUT2D eigenvalue weighted by Crippen LogP contribution is -2.21. The Morgan fingerprint density at radius 3 is 2.28 bits per heavy atom. The van der Waals surface area contributed by atoms with Crippen molar-refractivity contribution in [2.45, 2.75) is 20.1 Å². The van der Waals surface area contributed by atoms with E-state index in [1.165, 1.54) is 11.3 Å². The van der Waals surface area contributed by atoms with Gasteiger partial charge in [0.15, 0.2) is 6.29 Å². The molecule has 0 spiro atoms. The van der Waals surface area contributed by atoms with Crippen LogP contribution in [0.3, 0.4) is 0 Å². The quantitative estimate of drug-likeness (QED) is 0.798. The molecule has 3 heteroatoms. The van der Waals surface area contributed by atoms with Crippen LogP contribution in [0.4, 0.5) is 5.69 Å². The Kier molecular flexibility index (Phi) is 4.79. The number of anilines is 1. The van der Waals surface area contributed by atoms with Crippen LogP contribution in [0, 0.1) is 0 Å². The van der Waals surface area contributed by atoms with Crippen molar-refractivity contribution in [2.24, 2.45) is 0 Å². The summed E-state index contributed by atoms with van der Waals surface area (Å²) in [5, 5.41) is 0. The standard InChI is InChI=1S/C15H21NO2/c1-3-16(4-2)14-8-5-13(6-9-14)7-10-15-17-11-12-18-15/h5-10,15H,3-4,11-12H2,1-2H3/b10-7-. The molecule has 0 bridgehead atoms. The van der Waals surface area contributed by atoms with E-state index in [0.717, 1.165) is 13.1 Å². The monoisotopic (exact) mass is 247 g/mol. The summed E-state index contributed by atoms with van der Waals surface area (Å²) >= 11 is 0. The van der Waals surface area contributed by atoms with E-state index in [-0.39, 0.29) is 6.29 Å². The van der Waals surface area contributed by atoms with Crippen LogP contribution < -0.4 is 4.90 Å². The summed E-state index contributed by atoms with van der Waals surface area (Å²) in [7, 11) is 0. The largest absolute Gasteiger partial charge is 0.372 e. The molecule has 1 aromatic rings.